The number of aromatic nitrogens is 1. The molecular weight excluding hydrogens is 348 g/mol. The summed E-state index contributed by atoms with van der Waals surface area (Å²) < 4.78 is 11.5. The number of amides is 1. The van der Waals surface area contributed by atoms with E-state index in [9.17, 15) is 4.79 Å². The van der Waals surface area contributed by atoms with E-state index in [2.05, 4.69) is 10.3 Å². The van der Waals surface area contributed by atoms with Gasteiger partial charge in [-0.15, -0.1) is 0 Å². The minimum Gasteiger partial charge on any atom is -0.497 e. The highest BCUT2D eigenvalue weighted by molar-refractivity contribution is 7.22. The number of anilines is 1. The predicted octanol–water partition coefficient (Wildman–Crippen LogP) is 4.61. The van der Waals surface area contributed by atoms with Crippen molar-refractivity contribution in [3.63, 3.8) is 0 Å². The van der Waals surface area contributed by atoms with Crippen molar-refractivity contribution >= 4 is 44.2 Å². The summed E-state index contributed by atoms with van der Waals surface area (Å²) in [6.45, 7) is 2.39. The summed E-state index contributed by atoms with van der Waals surface area (Å²) in [4.78, 5) is 16.8. The molecular formula is C17H15ClN2O3S. The molecule has 0 saturated carbocycles. The highest BCUT2D eigenvalue weighted by Gasteiger charge is 2.12. The van der Waals surface area contributed by atoms with Crippen LogP contribution in [0.1, 0.15) is 17.3 Å². The van der Waals surface area contributed by atoms with Crippen molar-refractivity contribution in [3.8, 4) is 11.5 Å². The van der Waals surface area contributed by atoms with Crippen LogP contribution >= 0.6 is 22.9 Å². The van der Waals surface area contributed by atoms with Crippen molar-refractivity contribution in [2.24, 2.45) is 0 Å². The van der Waals surface area contributed by atoms with Crippen LogP contribution in [0, 0.1) is 0 Å². The Morgan fingerprint density at radius 2 is 2.12 bits per heavy atom. The third kappa shape index (κ3) is 3.44. The zero-order valence-electron chi connectivity index (χ0n) is 13.1. The van der Waals surface area contributed by atoms with Gasteiger partial charge < -0.3 is 9.47 Å². The monoisotopic (exact) mass is 362 g/mol. The maximum atomic E-state index is 12.4. The van der Waals surface area contributed by atoms with Gasteiger partial charge >= 0.3 is 0 Å². The van der Waals surface area contributed by atoms with Gasteiger partial charge in [0.05, 0.1) is 29.0 Å². The summed E-state index contributed by atoms with van der Waals surface area (Å²) in [5.41, 5.74) is 1.25. The summed E-state index contributed by atoms with van der Waals surface area (Å²) in [5.74, 6) is 1.04. The number of fused-ring (bicyclic) bond motifs is 1. The average Bonchev–Trinajstić information content (AvgIpc) is 2.97. The SMILES string of the molecule is CCOc1ccc(C(=O)Nc2nc3ccc(OC)cc3s2)cc1Cl. The number of carbonyl (C=O) groups is 1. The van der Waals surface area contributed by atoms with Gasteiger partial charge in [0.25, 0.3) is 5.91 Å². The summed E-state index contributed by atoms with van der Waals surface area (Å²) in [7, 11) is 1.61. The topological polar surface area (TPSA) is 60.5 Å². The number of methoxy groups -OCH3 is 1. The Bertz CT molecular complexity index is 895. The number of benzene rings is 2. The summed E-state index contributed by atoms with van der Waals surface area (Å²) in [6, 6.07) is 10.5. The smallest absolute Gasteiger partial charge is 0.257 e. The van der Waals surface area contributed by atoms with E-state index in [4.69, 9.17) is 21.1 Å². The third-order valence-electron chi connectivity index (χ3n) is 3.31. The second-order valence-electron chi connectivity index (χ2n) is 4.89. The molecule has 0 aliphatic rings. The van der Waals surface area contributed by atoms with Crippen molar-refractivity contribution in [3.05, 3.63) is 47.0 Å². The summed E-state index contributed by atoms with van der Waals surface area (Å²) in [5, 5.41) is 3.71. The molecule has 2 aromatic carbocycles. The molecule has 0 spiro atoms. The molecule has 124 valence electrons. The van der Waals surface area contributed by atoms with Crippen molar-refractivity contribution in [2.45, 2.75) is 6.92 Å². The molecule has 0 aliphatic carbocycles. The van der Waals surface area contributed by atoms with E-state index >= 15 is 0 Å². The molecule has 0 radical (unpaired) electrons. The van der Waals surface area contributed by atoms with Crippen molar-refractivity contribution < 1.29 is 14.3 Å². The zero-order valence-corrected chi connectivity index (χ0v) is 14.7. The summed E-state index contributed by atoms with van der Waals surface area (Å²) in [6.07, 6.45) is 0. The fourth-order valence-corrected chi connectivity index (χ4v) is 3.29. The molecule has 3 aromatic rings. The van der Waals surface area contributed by atoms with Gasteiger partial charge in [0.1, 0.15) is 11.5 Å². The quantitative estimate of drug-likeness (QED) is 0.720. The van der Waals surface area contributed by atoms with Crippen molar-refractivity contribution in [1.29, 1.82) is 0 Å². The molecule has 0 saturated heterocycles. The number of halogens is 1. The van der Waals surface area contributed by atoms with Crippen molar-refractivity contribution in [2.75, 3.05) is 19.0 Å². The Labute approximate surface area is 148 Å². The highest BCUT2D eigenvalue weighted by Crippen LogP contribution is 2.30. The molecule has 1 amide bonds. The first kappa shape index (κ1) is 16.5. The molecule has 1 N–H and O–H groups in total. The van der Waals surface area contributed by atoms with Crippen LogP contribution < -0.4 is 14.8 Å². The van der Waals surface area contributed by atoms with Crippen LogP contribution in [0.4, 0.5) is 5.13 Å². The zero-order chi connectivity index (χ0) is 17.1. The van der Waals surface area contributed by atoms with Crippen LogP contribution in [0.5, 0.6) is 11.5 Å². The minimum atomic E-state index is -0.272. The van der Waals surface area contributed by atoms with Crippen LogP contribution in [0.3, 0.4) is 0 Å². The number of hydrogen-bond acceptors (Lipinski definition) is 5. The van der Waals surface area contributed by atoms with Gasteiger partial charge in [0.2, 0.25) is 0 Å². The van der Waals surface area contributed by atoms with E-state index in [1.54, 1.807) is 25.3 Å². The standard InChI is InChI=1S/C17H15ClN2O3S/c1-3-23-14-7-4-10(8-12(14)18)16(21)20-17-19-13-6-5-11(22-2)9-15(13)24-17/h4-9H,3H2,1-2H3,(H,19,20,21). The van der Waals surface area contributed by atoms with Gasteiger partial charge in [0, 0.05) is 5.56 Å². The highest BCUT2D eigenvalue weighted by atomic mass is 35.5. The maximum Gasteiger partial charge on any atom is 0.257 e. The molecule has 0 unspecified atom stereocenters. The van der Waals surface area contributed by atoms with E-state index in [-0.39, 0.29) is 5.91 Å². The molecule has 7 heteroatoms. The van der Waals surface area contributed by atoms with E-state index < -0.39 is 0 Å². The van der Waals surface area contributed by atoms with Crippen molar-refractivity contribution in [1.82, 2.24) is 4.98 Å². The number of rotatable bonds is 5. The first-order chi connectivity index (χ1) is 11.6. The van der Waals surface area contributed by atoms with E-state index in [0.29, 0.717) is 28.1 Å². The summed E-state index contributed by atoms with van der Waals surface area (Å²) >= 11 is 7.51. The molecule has 0 aliphatic heterocycles. The molecule has 1 aromatic heterocycles. The first-order valence-corrected chi connectivity index (χ1v) is 8.48. The number of ether oxygens (including phenoxy) is 2. The molecule has 5 nitrogen and oxygen atoms in total. The average molecular weight is 363 g/mol. The van der Waals surface area contributed by atoms with E-state index in [1.807, 2.05) is 25.1 Å². The van der Waals surface area contributed by atoms with Gasteiger partial charge in [0.15, 0.2) is 5.13 Å². The van der Waals surface area contributed by atoms with Gasteiger partial charge in [-0.25, -0.2) is 4.98 Å². The fraction of sp³-hybridized carbons (Fsp3) is 0.176. The number of nitrogens with one attached hydrogen (secondary N) is 1. The second kappa shape index (κ2) is 7.07. The lowest BCUT2D eigenvalue weighted by Gasteiger charge is -2.07. The van der Waals surface area contributed by atoms with Crippen LogP contribution in [-0.2, 0) is 0 Å². The van der Waals surface area contributed by atoms with Gasteiger partial charge in [-0.2, -0.15) is 0 Å². The molecule has 3 rings (SSSR count). The van der Waals surface area contributed by atoms with Crippen LogP contribution in [-0.4, -0.2) is 24.6 Å². The van der Waals surface area contributed by atoms with Crippen LogP contribution in [0.15, 0.2) is 36.4 Å². The second-order valence-corrected chi connectivity index (χ2v) is 6.32. The normalized spacial score (nSPS) is 10.6. The molecule has 0 fully saturated rings. The molecule has 0 atom stereocenters. The Morgan fingerprint density at radius 3 is 2.83 bits per heavy atom. The Hall–Kier alpha value is -2.31. The molecule has 1 heterocycles. The van der Waals surface area contributed by atoms with Crippen LogP contribution in [0.25, 0.3) is 10.2 Å². The van der Waals surface area contributed by atoms with Gasteiger partial charge in [-0.05, 0) is 43.3 Å². The Morgan fingerprint density at radius 1 is 1.29 bits per heavy atom. The van der Waals surface area contributed by atoms with E-state index in [0.717, 1.165) is 16.0 Å². The van der Waals surface area contributed by atoms with Gasteiger partial charge in [-0.3, -0.25) is 10.1 Å². The number of carbonyl (C=O) groups excluding carboxylic acids is 1. The fourth-order valence-electron chi connectivity index (χ4n) is 2.17. The minimum absolute atomic E-state index is 0.272. The lowest BCUT2D eigenvalue weighted by molar-refractivity contribution is 0.102. The van der Waals surface area contributed by atoms with E-state index in [1.165, 1.54) is 11.3 Å². The lowest BCUT2D eigenvalue weighted by atomic mass is 10.2. The number of hydrogen-bond donors (Lipinski definition) is 1. The molecule has 0 bridgehead atoms. The molecule has 24 heavy (non-hydrogen) atoms. The number of thiazole rings is 1. The first-order valence-electron chi connectivity index (χ1n) is 7.29. The predicted molar refractivity (Wildman–Crippen MR) is 96.7 cm³/mol. The van der Waals surface area contributed by atoms with Crippen LogP contribution in [0.2, 0.25) is 5.02 Å². The Kier molecular flexibility index (Phi) is 4.87. The van der Waals surface area contributed by atoms with Gasteiger partial charge in [-0.1, -0.05) is 22.9 Å². The third-order valence-corrected chi connectivity index (χ3v) is 4.54. The lowest BCUT2D eigenvalue weighted by Crippen LogP contribution is -2.11. The Balaban J connectivity index is 1.80. The largest absolute Gasteiger partial charge is 0.497 e. The maximum absolute atomic E-state index is 12.4. The number of nitrogens with zero attached hydrogens (tertiary/aromatic N) is 1.